The fraction of sp³-hybridized carbons (Fsp3) is 0.273. The van der Waals surface area contributed by atoms with E-state index in [0.29, 0.717) is 28.4 Å². The highest BCUT2D eigenvalue weighted by Gasteiger charge is 2.18. The number of carbonyl (C=O) groups is 1. The summed E-state index contributed by atoms with van der Waals surface area (Å²) in [4.78, 5) is 25.6. The summed E-state index contributed by atoms with van der Waals surface area (Å²) < 4.78 is 22.3. The summed E-state index contributed by atoms with van der Waals surface area (Å²) in [7, 11) is 1.37. The summed E-state index contributed by atoms with van der Waals surface area (Å²) in [6, 6.07) is 11.4. The van der Waals surface area contributed by atoms with Crippen molar-refractivity contribution >= 4 is 34.2 Å². The van der Waals surface area contributed by atoms with Gasteiger partial charge in [0.25, 0.3) is 5.56 Å². The van der Waals surface area contributed by atoms with E-state index in [0.717, 1.165) is 12.8 Å². The zero-order valence-corrected chi connectivity index (χ0v) is 18.0. The van der Waals surface area contributed by atoms with Crippen molar-refractivity contribution in [2.75, 3.05) is 12.9 Å². The molecule has 9 heteroatoms. The molecule has 4 rings (SSSR count). The van der Waals surface area contributed by atoms with Crippen molar-refractivity contribution in [1.82, 2.24) is 19.2 Å². The lowest BCUT2D eigenvalue weighted by molar-refractivity contribution is 0.102. The van der Waals surface area contributed by atoms with Crippen molar-refractivity contribution in [2.24, 2.45) is 0 Å². The Morgan fingerprint density at radius 3 is 2.74 bits per heavy atom. The van der Waals surface area contributed by atoms with Gasteiger partial charge in [-0.2, -0.15) is 0 Å². The Morgan fingerprint density at radius 2 is 2.00 bits per heavy atom. The minimum atomic E-state index is -0.586. The number of halogens is 1. The van der Waals surface area contributed by atoms with Crippen LogP contribution in [0.1, 0.15) is 30.1 Å². The molecule has 7 nitrogen and oxygen atoms in total. The van der Waals surface area contributed by atoms with Gasteiger partial charge in [-0.25, -0.2) is 4.39 Å². The van der Waals surface area contributed by atoms with Gasteiger partial charge in [0.1, 0.15) is 0 Å². The lowest BCUT2D eigenvalue weighted by Gasteiger charge is -2.10. The Bertz CT molecular complexity index is 1330. The van der Waals surface area contributed by atoms with E-state index in [-0.39, 0.29) is 28.4 Å². The van der Waals surface area contributed by atoms with E-state index in [2.05, 4.69) is 17.1 Å². The van der Waals surface area contributed by atoms with E-state index < -0.39 is 5.82 Å². The van der Waals surface area contributed by atoms with Crippen LogP contribution in [0.15, 0.2) is 52.4 Å². The number of para-hydroxylation sites is 1. The number of ketones is 1. The summed E-state index contributed by atoms with van der Waals surface area (Å²) in [5, 5.41) is 9.54. The number of thioether (sulfide) groups is 1. The first-order chi connectivity index (χ1) is 15.0. The van der Waals surface area contributed by atoms with Gasteiger partial charge in [-0.1, -0.05) is 37.2 Å². The van der Waals surface area contributed by atoms with Gasteiger partial charge in [-0.3, -0.25) is 18.6 Å². The molecule has 0 radical (unpaired) electrons. The van der Waals surface area contributed by atoms with Crippen molar-refractivity contribution in [1.29, 1.82) is 0 Å². The van der Waals surface area contributed by atoms with Crippen LogP contribution in [0, 0.1) is 5.82 Å². The molecule has 4 aromatic rings. The average molecular weight is 441 g/mol. The number of hydrogen-bond donors (Lipinski definition) is 0. The number of unbranched alkanes of at least 4 members (excludes halogenated alkanes) is 1. The summed E-state index contributed by atoms with van der Waals surface area (Å²) in [6.07, 6.45) is 1.78. The van der Waals surface area contributed by atoms with Gasteiger partial charge in [-0.05, 0) is 36.8 Å². The van der Waals surface area contributed by atoms with Crippen molar-refractivity contribution < 1.29 is 13.9 Å². The van der Waals surface area contributed by atoms with E-state index in [4.69, 9.17) is 4.74 Å². The minimum Gasteiger partial charge on any atom is -0.494 e. The number of ether oxygens (including phenoxy) is 1. The zero-order valence-electron chi connectivity index (χ0n) is 17.2. The fourth-order valence-corrected chi connectivity index (χ4v) is 4.23. The third kappa shape index (κ3) is 3.93. The summed E-state index contributed by atoms with van der Waals surface area (Å²) in [6.45, 7) is 2.60. The number of nitrogens with zero attached hydrogens (tertiary/aromatic N) is 4. The van der Waals surface area contributed by atoms with Crippen LogP contribution in [-0.2, 0) is 6.54 Å². The number of methoxy groups -OCH3 is 1. The molecule has 160 valence electrons. The molecule has 0 amide bonds. The maximum atomic E-state index is 13.9. The Kier molecular flexibility index (Phi) is 6.03. The zero-order chi connectivity index (χ0) is 22.0. The van der Waals surface area contributed by atoms with Crippen LogP contribution >= 0.6 is 11.8 Å². The SMILES string of the molecule is CCCCn1c(=O)c2ccccc2n2c(SCC(=O)c3ccc(OC)c(F)c3)nnc12. The van der Waals surface area contributed by atoms with Crippen LogP contribution in [0.4, 0.5) is 4.39 Å². The van der Waals surface area contributed by atoms with E-state index in [9.17, 15) is 14.0 Å². The molecule has 0 aliphatic carbocycles. The molecule has 0 saturated heterocycles. The summed E-state index contributed by atoms with van der Waals surface area (Å²) >= 11 is 1.20. The number of rotatable bonds is 8. The number of Topliss-reactive ketones (excluding diaryl/α,β-unsaturated/α-hetero) is 1. The number of benzene rings is 2. The highest BCUT2D eigenvalue weighted by atomic mass is 32.2. The minimum absolute atomic E-state index is 0.0506. The molecule has 2 heterocycles. The number of carbonyl (C=O) groups excluding carboxylic acids is 1. The second-order valence-corrected chi connectivity index (χ2v) is 7.95. The quantitative estimate of drug-likeness (QED) is 0.305. The number of fused-ring (bicyclic) bond motifs is 3. The van der Waals surface area contributed by atoms with Crippen LogP contribution in [0.25, 0.3) is 16.7 Å². The van der Waals surface area contributed by atoms with Crippen LogP contribution in [0.3, 0.4) is 0 Å². The van der Waals surface area contributed by atoms with Crippen LogP contribution < -0.4 is 10.3 Å². The smallest absolute Gasteiger partial charge is 0.262 e. The molecule has 0 aliphatic heterocycles. The van der Waals surface area contributed by atoms with Gasteiger partial charge in [-0.15, -0.1) is 10.2 Å². The first-order valence-electron chi connectivity index (χ1n) is 9.91. The van der Waals surface area contributed by atoms with Gasteiger partial charge in [0.15, 0.2) is 22.5 Å². The molecule has 0 bridgehead atoms. The van der Waals surface area contributed by atoms with Crippen molar-refractivity contribution in [3.8, 4) is 5.75 Å². The van der Waals surface area contributed by atoms with Gasteiger partial charge in [0.05, 0.1) is 23.8 Å². The Balaban J connectivity index is 1.70. The van der Waals surface area contributed by atoms with E-state index in [1.165, 1.54) is 37.1 Å². The monoisotopic (exact) mass is 440 g/mol. The highest BCUT2D eigenvalue weighted by Crippen LogP contribution is 2.24. The highest BCUT2D eigenvalue weighted by molar-refractivity contribution is 7.99. The largest absolute Gasteiger partial charge is 0.494 e. The summed E-state index contributed by atoms with van der Waals surface area (Å²) in [5.74, 6) is -0.245. The van der Waals surface area contributed by atoms with Crippen molar-refractivity contribution in [3.05, 3.63) is 64.2 Å². The lowest BCUT2D eigenvalue weighted by atomic mass is 10.1. The van der Waals surface area contributed by atoms with Gasteiger partial charge in [0, 0.05) is 12.1 Å². The maximum Gasteiger partial charge on any atom is 0.262 e. The van der Waals surface area contributed by atoms with Crippen LogP contribution in [-0.4, -0.2) is 37.8 Å². The van der Waals surface area contributed by atoms with Crippen LogP contribution in [0.5, 0.6) is 5.75 Å². The topological polar surface area (TPSA) is 78.5 Å². The van der Waals surface area contributed by atoms with Crippen molar-refractivity contribution in [3.63, 3.8) is 0 Å². The van der Waals surface area contributed by atoms with E-state index in [1.54, 1.807) is 15.0 Å². The van der Waals surface area contributed by atoms with E-state index >= 15 is 0 Å². The van der Waals surface area contributed by atoms with Gasteiger partial charge >= 0.3 is 0 Å². The molecule has 0 spiro atoms. The molecule has 2 aromatic heterocycles. The Labute approximate surface area is 181 Å². The molecular formula is C22H21FN4O3S. The standard InChI is InChI=1S/C22H21FN4O3S/c1-3-4-11-26-20(29)15-7-5-6-8-17(15)27-21(26)24-25-22(27)31-13-18(28)14-9-10-19(30-2)16(23)12-14/h5-10,12H,3-4,11,13H2,1-2H3. The van der Waals surface area contributed by atoms with Gasteiger partial charge in [0.2, 0.25) is 5.78 Å². The second kappa shape index (κ2) is 8.89. The predicted molar refractivity (Wildman–Crippen MR) is 118 cm³/mol. The third-order valence-electron chi connectivity index (χ3n) is 5.02. The fourth-order valence-electron chi connectivity index (χ4n) is 3.40. The molecule has 2 aromatic carbocycles. The third-order valence-corrected chi connectivity index (χ3v) is 5.95. The Morgan fingerprint density at radius 1 is 1.19 bits per heavy atom. The van der Waals surface area contributed by atoms with Crippen LogP contribution in [0.2, 0.25) is 0 Å². The van der Waals surface area contributed by atoms with Crippen molar-refractivity contribution in [2.45, 2.75) is 31.5 Å². The molecule has 0 unspecified atom stereocenters. The Hall–Kier alpha value is -3.20. The second-order valence-electron chi connectivity index (χ2n) is 7.01. The maximum absolute atomic E-state index is 13.9. The first kappa shape index (κ1) is 21.0. The normalized spacial score (nSPS) is 11.3. The predicted octanol–water partition coefficient (Wildman–Crippen LogP) is 3.97. The first-order valence-corrected chi connectivity index (χ1v) is 10.9. The molecule has 0 saturated carbocycles. The number of aryl methyl sites for hydroxylation is 1. The molecule has 31 heavy (non-hydrogen) atoms. The molecule has 0 aliphatic rings. The van der Waals surface area contributed by atoms with Gasteiger partial charge < -0.3 is 4.74 Å². The molecular weight excluding hydrogens is 419 g/mol. The molecule has 0 fully saturated rings. The number of aromatic nitrogens is 4. The number of hydrogen-bond acceptors (Lipinski definition) is 6. The molecule has 0 atom stereocenters. The lowest BCUT2D eigenvalue weighted by Crippen LogP contribution is -2.23. The summed E-state index contributed by atoms with van der Waals surface area (Å²) in [5.41, 5.74) is 0.834. The average Bonchev–Trinajstić information content (AvgIpc) is 3.21. The van der Waals surface area contributed by atoms with E-state index in [1.807, 2.05) is 18.2 Å². The molecule has 0 N–H and O–H groups in total.